The fourth-order valence-corrected chi connectivity index (χ4v) is 2.93. The number of aromatic nitrogens is 2. The normalized spacial score (nSPS) is 11.1. The molecule has 1 N–H and O–H groups in total. The Morgan fingerprint density at radius 2 is 2.06 bits per heavy atom. The third kappa shape index (κ3) is 3.00. The fraction of sp³-hybridized carbons (Fsp3) is 0.500. The van der Waals surface area contributed by atoms with Crippen LogP contribution < -0.4 is 5.32 Å². The maximum atomic E-state index is 4.42. The van der Waals surface area contributed by atoms with Gasteiger partial charge in [0.1, 0.15) is 5.82 Å². The summed E-state index contributed by atoms with van der Waals surface area (Å²) in [7, 11) is 0. The first-order valence-electron chi connectivity index (χ1n) is 6.53. The second kappa shape index (κ2) is 6.16. The van der Waals surface area contributed by atoms with Crippen LogP contribution in [0.2, 0.25) is 0 Å². The van der Waals surface area contributed by atoms with E-state index in [2.05, 4.69) is 47.8 Å². The van der Waals surface area contributed by atoms with Crippen molar-refractivity contribution in [2.75, 3.05) is 6.54 Å². The minimum Gasteiger partial charge on any atom is -0.326 e. The van der Waals surface area contributed by atoms with Gasteiger partial charge in [-0.25, -0.2) is 4.98 Å². The van der Waals surface area contributed by atoms with Gasteiger partial charge in [0.15, 0.2) is 0 Å². The molecule has 0 radical (unpaired) electrons. The average Bonchev–Trinajstić information content (AvgIpc) is 2.96. The zero-order valence-corrected chi connectivity index (χ0v) is 12.2. The van der Waals surface area contributed by atoms with Gasteiger partial charge in [0.05, 0.1) is 12.2 Å². The number of hydrogen-bond acceptors (Lipinski definition) is 3. The highest BCUT2D eigenvalue weighted by Gasteiger charge is 2.08. The van der Waals surface area contributed by atoms with Gasteiger partial charge < -0.3 is 9.88 Å². The van der Waals surface area contributed by atoms with Crippen LogP contribution in [-0.4, -0.2) is 16.1 Å². The summed E-state index contributed by atoms with van der Waals surface area (Å²) in [5.74, 6) is 1.09. The number of nitrogens with one attached hydrogen (secondary N) is 1. The van der Waals surface area contributed by atoms with Gasteiger partial charge in [-0.2, -0.15) is 0 Å². The van der Waals surface area contributed by atoms with E-state index >= 15 is 0 Å². The lowest BCUT2D eigenvalue weighted by molar-refractivity contribution is 0.650. The predicted octanol–water partition coefficient (Wildman–Crippen LogP) is 2.97. The number of imidazole rings is 1. The van der Waals surface area contributed by atoms with Gasteiger partial charge in [0, 0.05) is 22.5 Å². The van der Waals surface area contributed by atoms with Crippen LogP contribution in [0.15, 0.2) is 18.3 Å². The first-order valence-corrected chi connectivity index (χ1v) is 7.35. The first kappa shape index (κ1) is 13.3. The number of nitrogens with zero attached hydrogens (tertiary/aromatic N) is 2. The Balaban J connectivity index is 2.14. The lowest BCUT2D eigenvalue weighted by Crippen LogP contribution is -2.16. The molecule has 0 spiro atoms. The Hall–Kier alpha value is -1.13. The third-order valence-electron chi connectivity index (χ3n) is 3.07. The molecule has 98 valence electrons. The summed E-state index contributed by atoms with van der Waals surface area (Å²) in [4.78, 5) is 7.28. The molecule has 3 nitrogen and oxygen atoms in total. The van der Waals surface area contributed by atoms with Gasteiger partial charge in [-0.3, -0.25) is 0 Å². The maximum absolute atomic E-state index is 4.42. The average molecular weight is 263 g/mol. The Morgan fingerprint density at radius 3 is 2.72 bits per heavy atom. The molecule has 0 aliphatic heterocycles. The molecule has 0 aromatic carbocycles. The van der Waals surface area contributed by atoms with Crippen molar-refractivity contribution >= 4 is 11.3 Å². The zero-order valence-electron chi connectivity index (χ0n) is 11.4. The molecule has 0 saturated carbocycles. The van der Waals surface area contributed by atoms with Crippen LogP contribution in [0.1, 0.15) is 35.1 Å². The lowest BCUT2D eigenvalue weighted by Gasteiger charge is -2.09. The van der Waals surface area contributed by atoms with Crippen molar-refractivity contribution in [2.45, 2.75) is 40.3 Å². The minimum absolute atomic E-state index is 0.892. The second-order valence-corrected chi connectivity index (χ2v) is 5.64. The van der Waals surface area contributed by atoms with E-state index in [1.807, 2.05) is 17.5 Å². The SMILES string of the molecule is CCNCc1cnc(C)n1Cc1ccc(CC)s1. The summed E-state index contributed by atoms with van der Waals surface area (Å²) in [5.41, 5.74) is 1.26. The molecule has 2 aromatic heterocycles. The summed E-state index contributed by atoms with van der Waals surface area (Å²) in [6.07, 6.45) is 3.10. The fourth-order valence-electron chi connectivity index (χ4n) is 1.98. The largest absolute Gasteiger partial charge is 0.326 e. The van der Waals surface area contributed by atoms with Crippen molar-refractivity contribution in [3.8, 4) is 0 Å². The maximum Gasteiger partial charge on any atom is 0.106 e. The molecular weight excluding hydrogens is 242 g/mol. The molecule has 0 saturated heterocycles. The topological polar surface area (TPSA) is 29.9 Å². The van der Waals surface area contributed by atoms with E-state index in [0.717, 1.165) is 31.9 Å². The molecule has 0 amide bonds. The molecule has 0 fully saturated rings. The summed E-state index contributed by atoms with van der Waals surface area (Å²) >= 11 is 1.90. The Labute approximate surface area is 113 Å². The Morgan fingerprint density at radius 1 is 1.28 bits per heavy atom. The molecule has 0 bridgehead atoms. The molecule has 0 atom stereocenters. The highest BCUT2D eigenvalue weighted by Crippen LogP contribution is 2.19. The smallest absolute Gasteiger partial charge is 0.106 e. The van der Waals surface area contributed by atoms with Crippen LogP contribution in [-0.2, 0) is 19.5 Å². The number of aryl methyl sites for hydroxylation is 2. The van der Waals surface area contributed by atoms with E-state index in [1.165, 1.54) is 15.4 Å². The van der Waals surface area contributed by atoms with E-state index in [9.17, 15) is 0 Å². The summed E-state index contributed by atoms with van der Waals surface area (Å²) in [6.45, 7) is 9.22. The molecular formula is C14H21N3S. The molecule has 4 heteroatoms. The molecule has 2 heterocycles. The molecule has 2 aromatic rings. The summed E-state index contributed by atoms with van der Waals surface area (Å²) in [6, 6.07) is 4.47. The Bertz CT molecular complexity index is 499. The number of rotatable bonds is 6. The van der Waals surface area contributed by atoms with E-state index in [4.69, 9.17) is 0 Å². The van der Waals surface area contributed by atoms with Crippen LogP contribution in [0.25, 0.3) is 0 Å². The summed E-state index contributed by atoms with van der Waals surface area (Å²) < 4.78 is 2.30. The van der Waals surface area contributed by atoms with Crippen molar-refractivity contribution < 1.29 is 0 Å². The van der Waals surface area contributed by atoms with Crippen molar-refractivity contribution in [1.82, 2.24) is 14.9 Å². The standard InChI is InChI=1S/C14H21N3S/c1-4-13-6-7-14(18-13)10-17-11(3)16-9-12(17)8-15-5-2/h6-7,9,15H,4-5,8,10H2,1-3H3. The lowest BCUT2D eigenvalue weighted by atomic mass is 10.3. The predicted molar refractivity (Wildman–Crippen MR) is 77.1 cm³/mol. The quantitative estimate of drug-likeness (QED) is 0.868. The van der Waals surface area contributed by atoms with E-state index in [-0.39, 0.29) is 0 Å². The van der Waals surface area contributed by atoms with Gasteiger partial charge in [0.2, 0.25) is 0 Å². The second-order valence-electron chi connectivity index (χ2n) is 4.38. The van der Waals surface area contributed by atoms with Crippen LogP contribution >= 0.6 is 11.3 Å². The van der Waals surface area contributed by atoms with Gasteiger partial charge in [-0.15, -0.1) is 11.3 Å². The van der Waals surface area contributed by atoms with Crippen molar-refractivity contribution in [1.29, 1.82) is 0 Å². The molecule has 0 unspecified atom stereocenters. The Kier molecular flexibility index (Phi) is 4.55. The number of thiophene rings is 1. The first-order chi connectivity index (χ1) is 8.74. The van der Waals surface area contributed by atoms with E-state index < -0.39 is 0 Å². The zero-order chi connectivity index (χ0) is 13.0. The molecule has 0 aliphatic rings. The highest BCUT2D eigenvalue weighted by atomic mass is 32.1. The molecule has 18 heavy (non-hydrogen) atoms. The number of hydrogen-bond donors (Lipinski definition) is 1. The van der Waals surface area contributed by atoms with Crippen LogP contribution in [0.3, 0.4) is 0 Å². The monoisotopic (exact) mass is 263 g/mol. The van der Waals surface area contributed by atoms with Gasteiger partial charge in [-0.05, 0) is 32.0 Å². The third-order valence-corrected chi connectivity index (χ3v) is 4.29. The summed E-state index contributed by atoms with van der Waals surface area (Å²) in [5, 5.41) is 3.36. The van der Waals surface area contributed by atoms with Crippen LogP contribution in [0.4, 0.5) is 0 Å². The minimum atomic E-state index is 0.892. The highest BCUT2D eigenvalue weighted by molar-refractivity contribution is 7.11. The van der Waals surface area contributed by atoms with Crippen molar-refractivity contribution in [3.63, 3.8) is 0 Å². The van der Waals surface area contributed by atoms with Crippen LogP contribution in [0.5, 0.6) is 0 Å². The van der Waals surface area contributed by atoms with Gasteiger partial charge in [-0.1, -0.05) is 13.8 Å². The van der Waals surface area contributed by atoms with Gasteiger partial charge >= 0.3 is 0 Å². The van der Waals surface area contributed by atoms with E-state index in [1.54, 1.807) is 0 Å². The molecule has 2 rings (SSSR count). The molecule has 0 aliphatic carbocycles. The van der Waals surface area contributed by atoms with Crippen molar-refractivity contribution in [3.05, 3.63) is 39.6 Å². The van der Waals surface area contributed by atoms with Crippen LogP contribution in [0, 0.1) is 6.92 Å². The van der Waals surface area contributed by atoms with Gasteiger partial charge in [0.25, 0.3) is 0 Å². The van der Waals surface area contributed by atoms with Crippen molar-refractivity contribution in [2.24, 2.45) is 0 Å². The van der Waals surface area contributed by atoms with E-state index in [0.29, 0.717) is 0 Å².